The van der Waals surface area contributed by atoms with Gasteiger partial charge in [-0.05, 0) is 41.1 Å². The van der Waals surface area contributed by atoms with E-state index in [2.05, 4.69) is 21.2 Å². The maximum Gasteiger partial charge on any atom is 0.340 e. The number of halogens is 1. The summed E-state index contributed by atoms with van der Waals surface area (Å²) >= 11 is 3.28. The predicted molar refractivity (Wildman–Crippen MR) is 85.5 cm³/mol. The number of esters is 1. The second kappa shape index (κ2) is 7.13. The molecule has 0 saturated heterocycles. The highest BCUT2D eigenvalue weighted by Gasteiger charge is 2.12. The van der Waals surface area contributed by atoms with Crippen molar-refractivity contribution in [3.63, 3.8) is 0 Å². The third-order valence-electron chi connectivity index (χ3n) is 2.96. The highest BCUT2D eigenvalue weighted by molar-refractivity contribution is 9.10. The summed E-state index contributed by atoms with van der Waals surface area (Å²) in [6, 6.07) is 12.6. The number of rotatable bonds is 5. The topological polar surface area (TPSA) is 58.6 Å². The SMILES string of the molecule is CCOC(=O)c1ccccc1NCc1cccc(Br)c1O. The average molecular weight is 350 g/mol. The molecule has 0 aliphatic rings. The summed E-state index contributed by atoms with van der Waals surface area (Å²) in [5.41, 5.74) is 1.90. The Morgan fingerprint density at radius 2 is 2.00 bits per heavy atom. The van der Waals surface area contributed by atoms with Crippen molar-refractivity contribution in [2.24, 2.45) is 0 Å². The lowest BCUT2D eigenvalue weighted by Crippen LogP contribution is -2.09. The standard InChI is InChI=1S/C16H16BrNO3/c1-2-21-16(20)12-7-3-4-9-14(12)18-10-11-6-5-8-13(17)15(11)19/h3-9,18-19H,2,10H2,1H3. The van der Waals surface area contributed by atoms with Crippen molar-refractivity contribution < 1.29 is 14.6 Å². The maximum atomic E-state index is 11.9. The molecule has 0 amide bonds. The number of carbonyl (C=O) groups excluding carboxylic acids is 1. The van der Waals surface area contributed by atoms with Gasteiger partial charge in [0.15, 0.2) is 0 Å². The number of carbonyl (C=O) groups is 1. The molecule has 2 rings (SSSR count). The van der Waals surface area contributed by atoms with Gasteiger partial charge in [-0.25, -0.2) is 4.79 Å². The molecule has 0 saturated carbocycles. The molecule has 5 heteroatoms. The molecule has 2 aromatic rings. The first-order valence-electron chi connectivity index (χ1n) is 6.60. The van der Waals surface area contributed by atoms with Gasteiger partial charge >= 0.3 is 5.97 Å². The first-order chi connectivity index (χ1) is 10.1. The van der Waals surface area contributed by atoms with Crippen LogP contribution in [0.15, 0.2) is 46.9 Å². The Kier molecular flexibility index (Phi) is 5.22. The zero-order valence-corrected chi connectivity index (χ0v) is 13.2. The molecular weight excluding hydrogens is 334 g/mol. The van der Waals surface area contributed by atoms with Crippen LogP contribution in [0.2, 0.25) is 0 Å². The summed E-state index contributed by atoms with van der Waals surface area (Å²) < 4.78 is 5.67. The number of phenolic OH excluding ortho intramolecular Hbond substituents is 1. The van der Waals surface area contributed by atoms with E-state index >= 15 is 0 Å². The Morgan fingerprint density at radius 3 is 2.76 bits per heavy atom. The van der Waals surface area contributed by atoms with Crippen LogP contribution in [0, 0.1) is 0 Å². The molecule has 0 aliphatic carbocycles. The van der Waals surface area contributed by atoms with E-state index in [9.17, 15) is 9.90 Å². The van der Waals surface area contributed by atoms with E-state index < -0.39 is 0 Å². The van der Waals surface area contributed by atoms with E-state index in [1.165, 1.54) is 0 Å². The molecule has 2 aromatic carbocycles. The van der Waals surface area contributed by atoms with Gasteiger partial charge in [0.2, 0.25) is 0 Å². The van der Waals surface area contributed by atoms with Gasteiger partial charge in [-0.3, -0.25) is 0 Å². The minimum absolute atomic E-state index is 0.193. The van der Waals surface area contributed by atoms with Gasteiger partial charge in [-0.1, -0.05) is 24.3 Å². The third kappa shape index (κ3) is 3.76. The van der Waals surface area contributed by atoms with Gasteiger partial charge in [0.05, 0.1) is 16.6 Å². The zero-order valence-electron chi connectivity index (χ0n) is 11.6. The van der Waals surface area contributed by atoms with Crippen LogP contribution in [0.5, 0.6) is 5.75 Å². The van der Waals surface area contributed by atoms with Gasteiger partial charge in [0.25, 0.3) is 0 Å². The Bertz CT molecular complexity index is 643. The number of phenols is 1. The molecule has 0 bridgehead atoms. The van der Waals surface area contributed by atoms with E-state index in [0.29, 0.717) is 28.9 Å². The molecule has 0 fully saturated rings. The Hall–Kier alpha value is -2.01. The minimum atomic E-state index is -0.362. The summed E-state index contributed by atoms with van der Waals surface area (Å²) in [5.74, 6) is -0.169. The van der Waals surface area contributed by atoms with Crippen LogP contribution < -0.4 is 5.32 Å². The van der Waals surface area contributed by atoms with Crippen molar-refractivity contribution in [1.82, 2.24) is 0 Å². The van der Waals surface area contributed by atoms with Crippen molar-refractivity contribution in [3.05, 3.63) is 58.1 Å². The minimum Gasteiger partial charge on any atom is -0.506 e. The summed E-state index contributed by atoms with van der Waals surface area (Å²) in [4.78, 5) is 11.9. The first-order valence-corrected chi connectivity index (χ1v) is 7.39. The van der Waals surface area contributed by atoms with Crippen molar-refractivity contribution in [2.75, 3.05) is 11.9 Å². The van der Waals surface area contributed by atoms with E-state index in [1.54, 1.807) is 31.2 Å². The molecule has 0 aliphatic heterocycles. The van der Waals surface area contributed by atoms with Crippen LogP contribution >= 0.6 is 15.9 Å². The monoisotopic (exact) mass is 349 g/mol. The smallest absolute Gasteiger partial charge is 0.340 e. The lowest BCUT2D eigenvalue weighted by Gasteiger charge is -2.12. The van der Waals surface area contributed by atoms with E-state index in [1.807, 2.05) is 18.2 Å². The maximum absolute atomic E-state index is 11.9. The van der Waals surface area contributed by atoms with Gasteiger partial charge in [-0.2, -0.15) is 0 Å². The number of benzene rings is 2. The van der Waals surface area contributed by atoms with E-state index in [0.717, 1.165) is 5.56 Å². The molecule has 0 aromatic heterocycles. The molecule has 2 N–H and O–H groups in total. The van der Waals surface area contributed by atoms with Crippen LogP contribution in [0.25, 0.3) is 0 Å². The van der Waals surface area contributed by atoms with Gasteiger partial charge in [-0.15, -0.1) is 0 Å². The summed E-state index contributed by atoms with van der Waals surface area (Å²) in [6.45, 7) is 2.51. The van der Waals surface area contributed by atoms with Crippen LogP contribution in [-0.4, -0.2) is 17.7 Å². The predicted octanol–water partition coefficient (Wildman–Crippen LogP) is 3.94. The number of hydrogen-bond donors (Lipinski definition) is 2. The molecule has 110 valence electrons. The highest BCUT2D eigenvalue weighted by atomic mass is 79.9. The fourth-order valence-corrected chi connectivity index (χ4v) is 2.32. The molecule has 0 heterocycles. The molecule has 0 spiro atoms. The van der Waals surface area contributed by atoms with Crippen LogP contribution in [0.1, 0.15) is 22.8 Å². The number of aromatic hydroxyl groups is 1. The second-order valence-corrected chi connectivity index (χ2v) is 5.22. The normalized spacial score (nSPS) is 10.2. The van der Waals surface area contributed by atoms with E-state index in [-0.39, 0.29) is 11.7 Å². The second-order valence-electron chi connectivity index (χ2n) is 4.37. The van der Waals surface area contributed by atoms with Gasteiger partial charge < -0.3 is 15.2 Å². The number of nitrogens with one attached hydrogen (secondary N) is 1. The summed E-state index contributed by atoms with van der Waals surface area (Å²) in [7, 11) is 0. The molecule has 21 heavy (non-hydrogen) atoms. The lowest BCUT2D eigenvalue weighted by molar-refractivity contribution is 0.0527. The summed E-state index contributed by atoms with van der Waals surface area (Å²) in [6.07, 6.45) is 0. The first kappa shape index (κ1) is 15.4. The molecular formula is C16H16BrNO3. The molecule has 0 radical (unpaired) electrons. The van der Waals surface area contributed by atoms with Crippen molar-refractivity contribution in [2.45, 2.75) is 13.5 Å². The van der Waals surface area contributed by atoms with Crippen LogP contribution in [0.4, 0.5) is 5.69 Å². The van der Waals surface area contributed by atoms with E-state index in [4.69, 9.17) is 4.74 Å². The summed E-state index contributed by atoms with van der Waals surface area (Å²) in [5, 5.41) is 13.1. The number of para-hydroxylation sites is 2. The largest absolute Gasteiger partial charge is 0.506 e. The molecule has 0 unspecified atom stereocenters. The Labute approximate surface area is 131 Å². The molecule has 4 nitrogen and oxygen atoms in total. The van der Waals surface area contributed by atoms with Crippen molar-refractivity contribution >= 4 is 27.6 Å². The quantitative estimate of drug-likeness (QED) is 0.802. The number of hydrogen-bond acceptors (Lipinski definition) is 4. The fourth-order valence-electron chi connectivity index (χ4n) is 1.92. The Balaban J connectivity index is 2.17. The lowest BCUT2D eigenvalue weighted by atomic mass is 10.1. The molecule has 0 atom stereocenters. The highest BCUT2D eigenvalue weighted by Crippen LogP contribution is 2.28. The van der Waals surface area contributed by atoms with Crippen LogP contribution in [-0.2, 0) is 11.3 Å². The number of anilines is 1. The fraction of sp³-hybridized carbons (Fsp3) is 0.188. The Morgan fingerprint density at radius 1 is 1.24 bits per heavy atom. The van der Waals surface area contributed by atoms with Crippen LogP contribution in [0.3, 0.4) is 0 Å². The number of ether oxygens (including phenoxy) is 1. The third-order valence-corrected chi connectivity index (χ3v) is 3.60. The zero-order chi connectivity index (χ0) is 15.2. The van der Waals surface area contributed by atoms with Gasteiger partial charge in [0, 0.05) is 17.8 Å². The van der Waals surface area contributed by atoms with Crippen molar-refractivity contribution in [1.29, 1.82) is 0 Å². The average Bonchev–Trinajstić information content (AvgIpc) is 2.49. The van der Waals surface area contributed by atoms with Gasteiger partial charge in [0.1, 0.15) is 5.75 Å². The van der Waals surface area contributed by atoms with Crippen molar-refractivity contribution in [3.8, 4) is 5.75 Å².